The van der Waals surface area contributed by atoms with Crippen molar-refractivity contribution >= 4 is 23.9 Å². The van der Waals surface area contributed by atoms with Gasteiger partial charge >= 0.3 is 12.1 Å². The first-order valence-corrected chi connectivity index (χ1v) is 12.5. The zero-order chi connectivity index (χ0) is 25.1. The van der Waals surface area contributed by atoms with E-state index in [1.165, 1.54) is 4.90 Å². The highest BCUT2D eigenvalue weighted by Gasteiger charge is 2.39. The van der Waals surface area contributed by atoms with Crippen molar-refractivity contribution in [2.24, 2.45) is 0 Å². The third kappa shape index (κ3) is 8.99. The lowest BCUT2D eigenvalue weighted by molar-refractivity contribution is -0.148. The van der Waals surface area contributed by atoms with Crippen LogP contribution >= 0.6 is 0 Å². The third-order valence-corrected chi connectivity index (χ3v) is 5.87. The summed E-state index contributed by atoms with van der Waals surface area (Å²) in [7, 11) is 0. The van der Waals surface area contributed by atoms with Crippen LogP contribution in [0.4, 0.5) is 4.79 Å². The van der Waals surface area contributed by atoms with Gasteiger partial charge in [0.05, 0.1) is 6.61 Å². The largest absolute Gasteiger partial charge is 0.464 e. The van der Waals surface area contributed by atoms with Gasteiger partial charge in [0.2, 0.25) is 11.8 Å². The minimum absolute atomic E-state index is 0.229. The monoisotopic (exact) mass is 479 g/mol. The molecule has 0 bridgehead atoms. The Morgan fingerprint density at radius 3 is 2.50 bits per heavy atom. The van der Waals surface area contributed by atoms with Crippen LogP contribution in [-0.2, 0) is 23.9 Å². The molecule has 3 atom stereocenters. The van der Waals surface area contributed by atoms with Gasteiger partial charge in [0, 0.05) is 6.54 Å². The molecule has 2 heterocycles. The second-order valence-electron chi connectivity index (χ2n) is 9.89. The maximum Gasteiger partial charge on any atom is 0.408 e. The van der Waals surface area contributed by atoms with Gasteiger partial charge in [0.1, 0.15) is 23.7 Å². The van der Waals surface area contributed by atoms with Gasteiger partial charge in [-0.05, 0) is 72.6 Å². The molecule has 9 nitrogen and oxygen atoms in total. The highest BCUT2D eigenvalue weighted by atomic mass is 16.6. The summed E-state index contributed by atoms with van der Waals surface area (Å²) in [6.07, 6.45) is 9.75. The number of amides is 3. The highest BCUT2D eigenvalue weighted by molar-refractivity contribution is 5.93. The number of nitrogens with zero attached hydrogens (tertiary/aromatic N) is 1. The quantitative estimate of drug-likeness (QED) is 0.475. The Bertz CT molecular complexity index is 745. The van der Waals surface area contributed by atoms with Crippen molar-refractivity contribution < 1.29 is 28.7 Å². The molecule has 0 saturated carbocycles. The van der Waals surface area contributed by atoms with Crippen molar-refractivity contribution in [1.29, 1.82) is 0 Å². The van der Waals surface area contributed by atoms with E-state index in [2.05, 4.69) is 16.7 Å². The van der Waals surface area contributed by atoms with Crippen molar-refractivity contribution in [2.75, 3.05) is 13.2 Å². The van der Waals surface area contributed by atoms with Crippen molar-refractivity contribution in [3.05, 3.63) is 12.2 Å². The number of carbonyl (C=O) groups is 4. The molecule has 192 valence electrons. The van der Waals surface area contributed by atoms with Gasteiger partial charge in [-0.3, -0.25) is 9.59 Å². The fourth-order valence-electron chi connectivity index (χ4n) is 4.26. The van der Waals surface area contributed by atoms with Crippen LogP contribution in [0.2, 0.25) is 0 Å². The van der Waals surface area contributed by atoms with Gasteiger partial charge in [-0.15, -0.1) is 0 Å². The zero-order valence-corrected chi connectivity index (χ0v) is 21.1. The van der Waals surface area contributed by atoms with Crippen LogP contribution in [0.25, 0.3) is 0 Å². The second-order valence-corrected chi connectivity index (χ2v) is 9.89. The van der Waals surface area contributed by atoms with E-state index in [1.54, 1.807) is 27.7 Å². The van der Waals surface area contributed by atoms with Gasteiger partial charge in [-0.1, -0.05) is 25.0 Å². The van der Waals surface area contributed by atoms with Crippen LogP contribution in [0, 0.1) is 0 Å². The molecular weight excluding hydrogens is 438 g/mol. The first-order valence-electron chi connectivity index (χ1n) is 12.5. The molecule has 3 amide bonds. The number of nitrogens with one attached hydrogen (secondary N) is 2. The molecule has 9 heteroatoms. The molecule has 34 heavy (non-hydrogen) atoms. The number of esters is 1. The summed E-state index contributed by atoms with van der Waals surface area (Å²) in [5, 5.41) is 5.54. The normalized spacial score (nSPS) is 25.3. The molecule has 0 aromatic heterocycles. The maximum atomic E-state index is 13.5. The summed E-state index contributed by atoms with van der Waals surface area (Å²) >= 11 is 0. The standard InChI is InChI=1S/C25H41N3O6/c1-5-33-23(31)19-15-12-10-8-6-7-9-11-14-18(27-24(32)34-25(2,3)4)22(30)28-17-13-16-20(28)21(29)26-19/h8,10,18-20H,5-7,9,11-17H2,1-4H3,(H,26,29)(H,27,32). The third-order valence-electron chi connectivity index (χ3n) is 5.87. The Morgan fingerprint density at radius 1 is 1.06 bits per heavy atom. The van der Waals surface area contributed by atoms with E-state index in [0.29, 0.717) is 38.6 Å². The van der Waals surface area contributed by atoms with Crippen molar-refractivity contribution in [3.63, 3.8) is 0 Å². The number of fused-ring (bicyclic) bond motifs is 1. The number of allylic oxidation sites excluding steroid dienone is 2. The predicted octanol–water partition coefficient (Wildman–Crippen LogP) is 3.22. The summed E-state index contributed by atoms with van der Waals surface area (Å²) in [4.78, 5) is 53.0. The average Bonchev–Trinajstić information content (AvgIpc) is 3.24. The van der Waals surface area contributed by atoms with Crippen LogP contribution in [0.3, 0.4) is 0 Å². The van der Waals surface area contributed by atoms with E-state index in [9.17, 15) is 19.2 Å². The number of rotatable bonds is 3. The second kappa shape index (κ2) is 13.3. The number of ether oxygens (including phenoxy) is 2. The van der Waals surface area contributed by atoms with E-state index < -0.39 is 35.8 Å². The van der Waals surface area contributed by atoms with E-state index in [-0.39, 0.29) is 18.4 Å². The molecule has 0 radical (unpaired) electrons. The molecule has 3 unspecified atom stereocenters. The molecule has 2 rings (SSSR count). The van der Waals surface area contributed by atoms with Gasteiger partial charge in [-0.2, -0.15) is 0 Å². The SMILES string of the molecule is CCOC(=O)C1CCC=CCCCCCC(NC(=O)OC(C)(C)C)C(=O)N2CCCC2C(=O)N1. The van der Waals surface area contributed by atoms with E-state index in [4.69, 9.17) is 9.47 Å². The fourth-order valence-corrected chi connectivity index (χ4v) is 4.26. The Labute approximate surface area is 203 Å². The number of hydrogen-bond donors (Lipinski definition) is 2. The molecule has 2 aliphatic heterocycles. The first-order chi connectivity index (χ1) is 16.1. The summed E-state index contributed by atoms with van der Waals surface area (Å²) < 4.78 is 10.5. The molecule has 0 aromatic carbocycles. The minimum Gasteiger partial charge on any atom is -0.464 e. The minimum atomic E-state index is -0.771. The molecule has 2 N–H and O–H groups in total. The molecule has 2 aliphatic rings. The van der Waals surface area contributed by atoms with Crippen LogP contribution in [0.5, 0.6) is 0 Å². The van der Waals surface area contributed by atoms with Gasteiger partial charge in [-0.25, -0.2) is 9.59 Å². The predicted molar refractivity (Wildman–Crippen MR) is 128 cm³/mol. The Hall–Kier alpha value is -2.58. The molecular formula is C25H41N3O6. The van der Waals surface area contributed by atoms with Gasteiger partial charge in [0.15, 0.2) is 0 Å². The summed E-state index contributed by atoms with van der Waals surface area (Å²) in [5.74, 6) is -1.12. The van der Waals surface area contributed by atoms with Crippen LogP contribution in [0.15, 0.2) is 12.2 Å². The van der Waals surface area contributed by atoms with Crippen LogP contribution in [-0.4, -0.2) is 65.7 Å². The van der Waals surface area contributed by atoms with Crippen molar-refractivity contribution in [1.82, 2.24) is 15.5 Å². The molecule has 0 aliphatic carbocycles. The van der Waals surface area contributed by atoms with E-state index in [0.717, 1.165) is 25.7 Å². The van der Waals surface area contributed by atoms with E-state index >= 15 is 0 Å². The number of hydrogen-bond acceptors (Lipinski definition) is 6. The number of carbonyl (C=O) groups excluding carboxylic acids is 4. The Morgan fingerprint density at radius 2 is 1.79 bits per heavy atom. The maximum absolute atomic E-state index is 13.5. The lowest BCUT2D eigenvalue weighted by Gasteiger charge is -2.30. The van der Waals surface area contributed by atoms with Crippen molar-refractivity contribution in [2.45, 2.75) is 109 Å². The molecule has 1 saturated heterocycles. The topological polar surface area (TPSA) is 114 Å². The van der Waals surface area contributed by atoms with Gasteiger partial charge in [0.25, 0.3) is 0 Å². The molecule has 0 spiro atoms. The summed E-state index contributed by atoms with van der Waals surface area (Å²) in [6.45, 7) is 7.68. The Kier molecular flexibility index (Phi) is 10.9. The average molecular weight is 480 g/mol. The first kappa shape index (κ1) is 27.7. The lowest BCUT2D eigenvalue weighted by Crippen LogP contribution is -2.55. The van der Waals surface area contributed by atoms with Crippen LogP contribution in [0.1, 0.15) is 85.5 Å². The smallest absolute Gasteiger partial charge is 0.408 e. The van der Waals surface area contributed by atoms with Gasteiger partial charge < -0.3 is 25.0 Å². The molecule has 1 fully saturated rings. The van der Waals surface area contributed by atoms with Crippen LogP contribution < -0.4 is 10.6 Å². The fraction of sp³-hybridized carbons (Fsp3) is 0.760. The van der Waals surface area contributed by atoms with E-state index in [1.807, 2.05) is 6.08 Å². The van der Waals surface area contributed by atoms with Crippen molar-refractivity contribution in [3.8, 4) is 0 Å². The molecule has 0 aromatic rings. The summed E-state index contributed by atoms with van der Waals surface area (Å²) in [6, 6.07) is -2.22. The zero-order valence-electron chi connectivity index (χ0n) is 21.1. The lowest BCUT2D eigenvalue weighted by atomic mass is 10.0. The Balaban J connectivity index is 2.21. The summed E-state index contributed by atoms with van der Waals surface area (Å²) in [5.41, 5.74) is -0.685. The highest BCUT2D eigenvalue weighted by Crippen LogP contribution is 2.21. The number of alkyl carbamates (subject to hydrolysis) is 1.